The molecule has 2 aromatic rings. The van der Waals surface area contributed by atoms with Crippen LogP contribution < -0.4 is 15.6 Å². The first kappa shape index (κ1) is 18.5. The molecule has 26 heavy (non-hydrogen) atoms. The molecule has 0 saturated carbocycles. The number of rotatable bonds is 6. The van der Waals surface area contributed by atoms with Crippen molar-refractivity contribution in [3.63, 3.8) is 0 Å². The van der Waals surface area contributed by atoms with Crippen LogP contribution in [-0.2, 0) is 11.8 Å². The lowest BCUT2D eigenvalue weighted by molar-refractivity contribution is -0.116. The van der Waals surface area contributed by atoms with Crippen molar-refractivity contribution in [2.75, 3.05) is 17.7 Å². The van der Waals surface area contributed by atoms with E-state index in [2.05, 4.69) is 17.2 Å². The van der Waals surface area contributed by atoms with Gasteiger partial charge in [-0.15, -0.1) is 0 Å². The van der Waals surface area contributed by atoms with Crippen LogP contribution in [0.25, 0.3) is 0 Å². The molecule has 1 unspecified atom stereocenters. The first-order valence-electron chi connectivity index (χ1n) is 8.81. The summed E-state index contributed by atoms with van der Waals surface area (Å²) in [4.78, 5) is 29.3. The molecule has 1 aromatic heterocycles. The highest BCUT2D eigenvalue weighted by atomic mass is 32.2. The van der Waals surface area contributed by atoms with Crippen LogP contribution in [0, 0.1) is 0 Å². The Morgan fingerprint density at radius 2 is 2.00 bits per heavy atom. The van der Waals surface area contributed by atoms with Gasteiger partial charge in [-0.2, -0.15) is 4.98 Å². The van der Waals surface area contributed by atoms with Gasteiger partial charge in [-0.05, 0) is 31.0 Å². The largest absolute Gasteiger partial charge is 0.494 e. The van der Waals surface area contributed by atoms with Gasteiger partial charge in [-0.1, -0.05) is 30.8 Å². The second-order valence-electron chi connectivity index (χ2n) is 6.18. The average Bonchev–Trinajstić information content (AvgIpc) is 2.63. The number of hydrogen-bond acceptors (Lipinski definition) is 5. The molecule has 0 radical (unpaired) electrons. The van der Waals surface area contributed by atoms with Gasteiger partial charge < -0.3 is 14.6 Å². The maximum atomic E-state index is 12.7. The molecule has 6 nitrogen and oxygen atoms in total. The standard InChI is InChI=1S/C19H23N3O3S/c1-4-10-26-19-21-18(24)16-14(11-15(23)20-17(16)22(19)3)12-6-8-13(9-7-12)25-5-2/h6-9,14H,4-5,10-11H2,1-3H3,(H,20,23). The molecule has 1 atom stereocenters. The van der Waals surface area contributed by atoms with Crippen molar-refractivity contribution in [3.05, 3.63) is 45.7 Å². The number of anilines is 1. The van der Waals surface area contributed by atoms with Crippen molar-refractivity contribution in [3.8, 4) is 5.75 Å². The fourth-order valence-corrected chi connectivity index (χ4v) is 3.92. The predicted molar refractivity (Wildman–Crippen MR) is 103 cm³/mol. The van der Waals surface area contributed by atoms with Gasteiger partial charge in [0, 0.05) is 25.1 Å². The molecule has 1 aliphatic rings. The lowest BCUT2D eigenvalue weighted by atomic mass is 9.87. The Morgan fingerprint density at radius 1 is 1.27 bits per heavy atom. The summed E-state index contributed by atoms with van der Waals surface area (Å²) in [5.41, 5.74) is 1.20. The molecule has 7 heteroatoms. The van der Waals surface area contributed by atoms with Crippen molar-refractivity contribution in [2.24, 2.45) is 7.05 Å². The molecule has 1 amide bonds. The SMILES string of the molecule is CCCSc1nc(=O)c2c(n1C)NC(=O)CC2c1ccc(OCC)cc1. The van der Waals surface area contributed by atoms with Gasteiger partial charge in [0.15, 0.2) is 5.16 Å². The van der Waals surface area contributed by atoms with E-state index in [-0.39, 0.29) is 23.8 Å². The molecular weight excluding hydrogens is 350 g/mol. The fraction of sp³-hybridized carbons (Fsp3) is 0.421. The fourth-order valence-electron chi connectivity index (χ4n) is 3.11. The van der Waals surface area contributed by atoms with E-state index in [4.69, 9.17) is 4.74 Å². The van der Waals surface area contributed by atoms with Crippen LogP contribution in [0.2, 0.25) is 0 Å². The van der Waals surface area contributed by atoms with E-state index in [9.17, 15) is 9.59 Å². The lowest BCUT2D eigenvalue weighted by Crippen LogP contribution is -2.33. The highest BCUT2D eigenvalue weighted by Gasteiger charge is 2.32. The molecule has 0 fully saturated rings. The molecule has 0 bridgehead atoms. The number of carbonyl (C=O) groups is 1. The summed E-state index contributed by atoms with van der Waals surface area (Å²) in [6.07, 6.45) is 1.22. The van der Waals surface area contributed by atoms with E-state index in [1.165, 1.54) is 11.8 Å². The van der Waals surface area contributed by atoms with Gasteiger partial charge in [0.1, 0.15) is 11.6 Å². The smallest absolute Gasteiger partial charge is 0.279 e. The monoisotopic (exact) mass is 373 g/mol. The Hall–Kier alpha value is -2.28. The van der Waals surface area contributed by atoms with Crippen LogP contribution in [0.4, 0.5) is 5.82 Å². The summed E-state index contributed by atoms with van der Waals surface area (Å²) in [5.74, 6) is 1.80. The van der Waals surface area contributed by atoms with Gasteiger partial charge >= 0.3 is 0 Å². The first-order valence-corrected chi connectivity index (χ1v) is 9.80. The Kier molecular flexibility index (Phi) is 5.66. The van der Waals surface area contributed by atoms with E-state index >= 15 is 0 Å². The highest BCUT2D eigenvalue weighted by Crippen LogP contribution is 2.36. The topological polar surface area (TPSA) is 73.2 Å². The first-order chi connectivity index (χ1) is 12.5. The lowest BCUT2D eigenvalue weighted by Gasteiger charge is -2.27. The molecule has 2 heterocycles. The van der Waals surface area contributed by atoms with Crippen LogP contribution in [0.5, 0.6) is 5.75 Å². The summed E-state index contributed by atoms with van der Waals surface area (Å²) in [6, 6.07) is 7.57. The molecule has 1 aromatic carbocycles. The molecular formula is C19H23N3O3S. The number of nitrogens with one attached hydrogen (secondary N) is 1. The Labute approximate surface area is 157 Å². The van der Waals surface area contributed by atoms with Crippen LogP contribution in [0.15, 0.2) is 34.2 Å². The minimum atomic E-state index is -0.300. The number of hydrogen-bond donors (Lipinski definition) is 1. The van der Waals surface area contributed by atoms with E-state index < -0.39 is 0 Å². The van der Waals surface area contributed by atoms with Gasteiger partial charge in [0.05, 0.1) is 12.2 Å². The zero-order valence-electron chi connectivity index (χ0n) is 15.2. The summed E-state index contributed by atoms with van der Waals surface area (Å²) in [7, 11) is 1.84. The zero-order chi connectivity index (χ0) is 18.7. The van der Waals surface area contributed by atoms with E-state index in [1.807, 2.05) is 42.8 Å². The van der Waals surface area contributed by atoms with Crippen molar-refractivity contribution >= 4 is 23.5 Å². The van der Waals surface area contributed by atoms with Gasteiger partial charge in [0.2, 0.25) is 5.91 Å². The van der Waals surface area contributed by atoms with Crippen molar-refractivity contribution in [1.82, 2.24) is 9.55 Å². The predicted octanol–water partition coefficient (Wildman–Crippen LogP) is 3.16. The number of fused-ring (bicyclic) bond motifs is 1. The summed E-state index contributed by atoms with van der Waals surface area (Å²) in [5, 5.41) is 3.49. The molecule has 0 aliphatic carbocycles. The van der Waals surface area contributed by atoms with Crippen molar-refractivity contribution in [2.45, 2.75) is 37.8 Å². The third kappa shape index (κ3) is 3.62. The Balaban J connectivity index is 2.04. The third-order valence-electron chi connectivity index (χ3n) is 4.33. The number of thioether (sulfide) groups is 1. The molecule has 138 valence electrons. The number of carbonyl (C=O) groups excluding carboxylic acids is 1. The number of nitrogens with zero attached hydrogens (tertiary/aromatic N) is 2. The van der Waals surface area contributed by atoms with Gasteiger partial charge in [-0.3, -0.25) is 9.59 Å². The number of ether oxygens (including phenoxy) is 1. The second-order valence-corrected chi connectivity index (χ2v) is 7.24. The summed E-state index contributed by atoms with van der Waals surface area (Å²) in [6.45, 7) is 4.60. The average molecular weight is 373 g/mol. The van der Waals surface area contributed by atoms with E-state index in [0.717, 1.165) is 23.5 Å². The third-order valence-corrected chi connectivity index (χ3v) is 5.57. The van der Waals surface area contributed by atoms with Crippen molar-refractivity contribution in [1.29, 1.82) is 0 Å². The van der Waals surface area contributed by atoms with Gasteiger partial charge in [-0.25, -0.2) is 0 Å². The zero-order valence-corrected chi connectivity index (χ0v) is 16.1. The Morgan fingerprint density at radius 3 is 2.65 bits per heavy atom. The summed E-state index contributed by atoms with van der Waals surface area (Å²) < 4.78 is 7.29. The quantitative estimate of drug-likeness (QED) is 0.622. The maximum absolute atomic E-state index is 12.7. The molecule has 1 aliphatic heterocycles. The van der Waals surface area contributed by atoms with Crippen LogP contribution in [-0.4, -0.2) is 27.8 Å². The Bertz CT molecular complexity index is 862. The molecule has 0 saturated heterocycles. The number of benzene rings is 1. The number of aromatic nitrogens is 2. The van der Waals surface area contributed by atoms with Crippen LogP contribution in [0.3, 0.4) is 0 Å². The molecule has 1 N–H and O–H groups in total. The minimum absolute atomic E-state index is 0.0935. The van der Waals surface area contributed by atoms with Crippen LogP contribution >= 0.6 is 11.8 Å². The van der Waals surface area contributed by atoms with Crippen LogP contribution in [0.1, 0.15) is 43.7 Å². The molecule has 0 spiro atoms. The molecule has 3 rings (SSSR count). The maximum Gasteiger partial charge on any atom is 0.279 e. The normalized spacial score (nSPS) is 16.1. The summed E-state index contributed by atoms with van der Waals surface area (Å²) >= 11 is 1.52. The minimum Gasteiger partial charge on any atom is -0.494 e. The van der Waals surface area contributed by atoms with Crippen molar-refractivity contribution < 1.29 is 9.53 Å². The van der Waals surface area contributed by atoms with E-state index in [0.29, 0.717) is 23.1 Å². The second kappa shape index (κ2) is 7.95. The number of amides is 1. The van der Waals surface area contributed by atoms with E-state index in [1.54, 1.807) is 0 Å². The highest BCUT2D eigenvalue weighted by molar-refractivity contribution is 7.99. The van der Waals surface area contributed by atoms with Gasteiger partial charge in [0.25, 0.3) is 5.56 Å².